The van der Waals surface area contributed by atoms with Crippen LogP contribution in [0.3, 0.4) is 0 Å². The number of rotatable bonds is 13. The summed E-state index contributed by atoms with van der Waals surface area (Å²) in [5.41, 5.74) is 5.98. The fourth-order valence-electron chi connectivity index (χ4n) is 6.36. The second-order valence-electron chi connectivity index (χ2n) is 15.1. The van der Waals surface area contributed by atoms with E-state index in [0.717, 1.165) is 57.4 Å². The maximum Gasteiger partial charge on any atom is 0.490 e. The van der Waals surface area contributed by atoms with Gasteiger partial charge in [0.2, 0.25) is 0 Å². The van der Waals surface area contributed by atoms with Crippen molar-refractivity contribution in [2.45, 2.75) is 69.6 Å². The number of carboxylic acids is 2. The Morgan fingerprint density at radius 1 is 0.662 bits per heavy atom. The Balaban J connectivity index is 0.00000103. The van der Waals surface area contributed by atoms with Crippen molar-refractivity contribution in [1.82, 2.24) is 25.9 Å². The number of carbonyl (C=O) groups excluding carboxylic acids is 3. The number of ether oxygens (including phenoxy) is 2. The highest BCUT2D eigenvalue weighted by atomic mass is 35.5. The molecule has 0 radical (unpaired) electrons. The Bertz CT molecular complexity index is 2290. The molecule has 2 heterocycles. The van der Waals surface area contributed by atoms with Gasteiger partial charge in [-0.1, -0.05) is 46.4 Å². The number of pyridine rings is 2. The molecule has 0 unspecified atom stereocenters. The Labute approximate surface area is 411 Å². The van der Waals surface area contributed by atoms with Crippen LogP contribution < -0.4 is 31.2 Å². The number of nitrogens with one attached hydrogen (secondary N) is 3. The topological polar surface area (TPSA) is 232 Å². The standard InChI is InChI=1S/C21H22Cl2FN3O3.C15H20ClFN2O2.C6H4ClNO2.C2HF3O2.3H2/c22-14-3-8-19(25-11-14)21(29)26-10-13-1-4-15(5-2-13)27-20(28)12-30-16-6-7-17(23)18(24)9-16;16-13-6-5-12(7-14(13)17)21-9-15(20)19-11-3-1-10(8-18)2-4-11;7-4-1-2-5(6(9)10)8-3-4;3-2(4,5)1(6)7;;;/h3,6-9,11,13,15H,1-2,4-5,10,12H2,(H,26,29)(H,27,28);5-7,10-11H,1-4,8-9,18H2,(H,19,20);1-3H,(H,9,10);(H,6,7);3*1H. The Morgan fingerprint density at radius 2 is 1.07 bits per heavy atom. The third-order valence-corrected chi connectivity index (χ3v) is 11.0. The first-order chi connectivity index (χ1) is 32.1. The molecule has 2 aliphatic carbocycles. The van der Waals surface area contributed by atoms with Crippen molar-refractivity contribution in [3.8, 4) is 11.5 Å². The van der Waals surface area contributed by atoms with Crippen LogP contribution in [0.5, 0.6) is 11.5 Å². The lowest BCUT2D eigenvalue weighted by atomic mass is 9.86. The summed E-state index contributed by atoms with van der Waals surface area (Å²) in [4.78, 5) is 62.7. The van der Waals surface area contributed by atoms with Crippen LogP contribution in [0, 0.1) is 23.5 Å². The van der Waals surface area contributed by atoms with E-state index in [1.54, 1.807) is 12.1 Å². The van der Waals surface area contributed by atoms with Gasteiger partial charge in [-0.05, 0) is 118 Å². The lowest BCUT2D eigenvalue weighted by Gasteiger charge is -2.29. The Kier molecular flexibility index (Phi) is 24.0. The normalized spacial score (nSPS) is 17.4. The summed E-state index contributed by atoms with van der Waals surface area (Å²) in [6.07, 6.45) is 5.07. The van der Waals surface area contributed by atoms with Crippen molar-refractivity contribution in [1.29, 1.82) is 0 Å². The molecule has 7 N–H and O–H groups in total. The number of nitrogens with two attached hydrogens (primary N) is 1. The van der Waals surface area contributed by atoms with Crippen molar-refractivity contribution in [2.24, 2.45) is 17.6 Å². The molecule has 0 atom stereocenters. The van der Waals surface area contributed by atoms with E-state index in [1.807, 2.05) is 0 Å². The molecule has 0 bridgehead atoms. The summed E-state index contributed by atoms with van der Waals surface area (Å²) in [6.45, 7) is 0.962. The molecule has 0 aliphatic heterocycles. The highest BCUT2D eigenvalue weighted by molar-refractivity contribution is 6.31. The molecule has 2 fully saturated rings. The van der Waals surface area contributed by atoms with Crippen LogP contribution in [0.4, 0.5) is 22.0 Å². The predicted octanol–water partition coefficient (Wildman–Crippen LogP) is 9.31. The molecule has 6 rings (SSSR count). The van der Waals surface area contributed by atoms with E-state index in [-0.39, 0.29) is 68.8 Å². The molecule has 376 valence electrons. The first kappa shape index (κ1) is 56.8. The minimum absolute atomic E-state index is 0. The number of carboxylic acid groups (broad SMARTS) is 2. The zero-order valence-electron chi connectivity index (χ0n) is 35.8. The van der Waals surface area contributed by atoms with E-state index in [9.17, 15) is 41.1 Å². The highest BCUT2D eigenvalue weighted by Gasteiger charge is 2.38. The molecule has 3 amide bonds. The monoisotopic (exact) mass is 1040 g/mol. The van der Waals surface area contributed by atoms with Crippen LogP contribution in [0.2, 0.25) is 20.1 Å². The number of carbonyl (C=O) groups is 5. The van der Waals surface area contributed by atoms with E-state index in [4.69, 9.17) is 76.6 Å². The number of aromatic carboxylic acids is 1. The van der Waals surface area contributed by atoms with Crippen LogP contribution in [0.1, 0.15) is 76.6 Å². The SMILES string of the molecule is NCC1CCC(NC(=O)COc2ccc(Cl)c(F)c2)CC1.O=C(COc1ccc(Cl)c(F)c1)NC1CCC(CNC(=O)c2ccc(Cl)cn2)CC1.O=C(O)C(F)(F)F.O=C(O)c1ccc(Cl)cn1.[HH].[HH].[HH]. The van der Waals surface area contributed by atoms with Crippen molar-refractivity contribution in [3.05, 3.63) is 116 Å². The van der Waals surface area contributed by atoms with Crippen molar-refractivity contribution >= 4 is 76.1 Å². The number of hydrogen-bond donors (Lipinski definition) is 6. The first-order valence-electron chi connectivity index (χ1n) is 20.6. The minimum Gasteiger partial charge on any atom is -0.484 e. The van der Waals surface area contributed by atoms with Gasteiger partial charge < -0.3 is 41.4 Å². The lowest BCUT2D eigenvalue weighted by Crippen LogP contribution is -2.41. The fraction of sp³-hybridized carbons (Fsp3) is 0.386. The molecule has 2 aliphatic rings. The Morgan fingerprint density at radius 3 is 1.43 bits per heavy atom. The van der Waals surface area contributed by atoms with Gasteiger partial charge in [0.25, 0.3) is 17.7 Å². The van der Waals surface area contributed by atoms with E-state index >= 15 is 0 Å². The molecule has 2 aromatic carbocycles. The summed E-state index contributed by atoms with van der Waals surface area (Å²) in [5.74, 6) is -4.16. The summed E-state index contributed by atoms with van der Waals surface area (Å²) in [6, 6.07) is 14.4. The van der Waals surface area contributed by atoms with Gasteiger partial charge in [-0.3, -0.25) is 14.4 Å². The molecule has 2 saturated carbocycles. The Hall–Kier alpha value is -5.54. The maximum absolute atomic E-state index is 13.4. The summed E-state index contributed by atoms with van der Waals surface area (Å²) < 4.78 is 68.9. The van der Waals surface area contributed by atoms with Crippen molar-refractivity contribution < 1.29 is 69.9 Å². The number of amides is 3. The molecule has 0 saturated heterocycles. The number of benzene rings is 2. The van der Waals surface area contributed by atoms with Gasteiger partial charge in [0.1, 0.15) is 34.5 Å². The number of alkyl halides is 3. The largest absolute Gasteiger partial charge is 0.490 e. The van der Waals surface area contributed by atoms with E-state index in [1.165, 1.54) is 54.9 Å². The first-order valence-corrected chi connectivity index (χ1v) is 22.1. The molecule has 68 heavy (non-hydrogen) atoms. The summed E-state index contributed by atoms with van der Waals surface area (Å²) in [7, 11) is 0. The molecule has 0 spiro atoms. The number of nitrogens with zero attached hydrogens (tertiary/aromatic N) is 2. The van der Waals surface area contributed by atoms with E-state index in [0.29, 0.717) is 46.4 Å². The predicted molar refractivity (Wildman–Crippen MR) is 248 cm³/mol. The van der Waals surface area contributed by atoms with Crippen molar-refractivity contribution in [3.63, 3.8) is 0 Å². The highest BCUT2D eigenvalue weighted by Crippen LogP contribution is 2.26. The second kappa shape index (κ2) is 28.7. The average molecular weight is 1050 g/mol. The maximum atomic E-state index is 13.4. The molecule has 2 aromatic heterocycles. The molecule has 24 heteroatoms. The van der Waals surface area contributed by atoms with Gasteiger partial charge in [-0.2, -0.15) is 13.2 Å². The fourth-order valence-corrected chi connectivity index (χ4v) is 6.82. The van der Waals surface area contributed by atoms with Crippen LogP contribution >= 0.6 is 46.4 Å². The molecule has 15 nitrogen and oxygen atoms in total. The third-order valence-electron chi connectivity index (χ3n) is 9.98. The smallest absolute Gasteiger partial charge is 0.484 e. The molecular weight excluding hydrogens is 993 g/mol. The van der Waals surface area contributed by atoms with Gasteiger partial charge in [0, 0.05) is 47.4 Å². The average Bonchev–Trinajstić information content (AvgIpc) is 3.30. The number of halogens is 9. The van der Waals surface area contributed by atoms with Gasteiger partial charge >= 0.3 is 18.1 Å². The number of hydrogen-bond acceptors (Lipinski definition) is 10. The van der Waals surface area contributed by atoms with Gasteiger partial charge in [-0.15, -0.1) is 0 Å². The van der Waals surface area contributed by atoms with Gasteiger partial charge in [0.05, 0.1) is 20.1 Å². The molecular formula is C44H53Cl4F5N6O9. The zero-order valence-corrected chi connectivity index (χ0v) is 38.9. The van der Waals surface area contributed by atoms with Crippen molar-refractivity contribution in [2.75, 3.05) is 26.3 Å². The van der Waals surface area contributed by atoms with Crippen LogP contribution in [-0.4, -0.2) is 94.4 Å². The summed E-state index contributed by atoms with van der Waals surface area (Å²) >= 11 is 22.4. The quantitative estimate of drug-likeness (QED) is 0.0688. The van der Waals surface area contributed by atoms with Gasteiger partial charge in [-0.25, -0.2) is 28.3 Å². The number of aromatic nitrogens is 2. The summed E-state index contributed by atoms with van der Waals surface area (Å²) in [5, 5.41) is 25.2. The second-order valence-corrected chi connectivity index (χ2v) is 16.8. The zero-order chi connectivity index (χ0) is 50.4. The number of aliphatic carboxylic acids is 1. The van der Waals surface area contributed by atoms with E-state index in [2.05, 4.69) is 25.9 Å². The van der Waals surface area contributed by atoms with Crippen LogP contribution in [-0.2, 0) is 14.4 Å². The molecule has 4 aromatic rings. The van der Waals surface area contributed by atoms with Gasteiger partial charge in [0.15, 0.2) is 13.2 Å². The minimum atomic E-state index is -5.08. The van der Waals surface area contributed by atoms with Crippen LogP contribution in [0.25, 0.3) is 0 Å². The third kappa shape index (κ3) is 21.6. The van der Waals surface area contributed by atoms with E-state index < -0.39 is 29.7 Å². The van der Waals surface area contributed by atoms with Crippen LogP contribution in [0.15, 0.2) is 73.1 Å². The lowest BCUT2D eigenvalue weighted by molar-refractivity contribution is -0.192.